The summed E-state index contributed by atoms with van der Waals surface area (Å²) in [6.07, 6.45) is -0.798. The van der Waals surface area contributed by atoms with Crippen LogP contribution in [0.15, 0.2) is 22.9 Å². The van der Waals surface area contributed by atoms with Crippen LogP contribution in [0.5, 0.6) is 0 Å². The predicted molar refractivity (Wildman–Crippen MR) is 70.6 cm³/mol. The molecule has 2 aromatic heterocycles. The highest BCUT2D eigenvalue weighted by molar-refractivity contribution is 9.10. The second-order valence-corrected chi connectivity index (χ2v) is 4.88. The first-order chi connectivity index (χ1) is 9.40. The van der Waals surface area contributed by atoms with Crippen molar-refractivity contribution in [1.82, 2.24) is 19.7 Å². The molecule has 0 aliphatic carbocycles. The monoisotopic (exact) mass is 349 g/mol. The largest absolute Gasteiger partial charge is 0.433 e. The highest BCUT2D eigenvalue weighted by Crippen LogP contribution is 2.29. The average molecular weight is 350 g/mol. The first-order valence-electron chi connectivity index (χ1n) is 5.81. The van der Waals surface area contributed by atoms with Gasteiger partial charge in [0.2, 0.25) is 5.95 Å². The summed E-state index contributed by atoms with van der Waals surface area (Å²) in [7, 11) is 0. The lowest BCUT2D eigenvalue weighted by molar-refractivity contribution is -0.141. The van der Waals surface area contributed by atoms with Gasteiger partial charge in [-0.25, -0.2) is 9.67 Å². The Hall–Kier alpha value is -1.64. The van der Waals surface area contributed by atoms with E-state index >= 15 is 0 Å². The Kier molecular flexibility index (Phi) is 4.26. The lowest BCUT2D eigenvalue weighted by Crippen LogP contribution is -2.14. The summed E-state index contributed by atoms with van der Waals surface area (Å²) in [6.45, 7) is 2.38. The van der Waals surface area contributed by atoms with Crippen LogP contribution in [-0.2, 0) is 6.18 Å². The molecule has 0 aliphatic heterocycles. The van der Waals surface area contributed by atoms with Gasteiger partial charge in [-0.2, -0.15) is 23.3 Å². The third kappa shape index (κ3) is 3.47. The zero-order valence-electron chi connectivity index (χ0n) is 10.4. The highest BCUT2D eigenvalue weighted by atomic mass is 79.9. The number of alkyl halides is 3. The number of aromatic nitrogens is 4. The minimum absolute atomic E-state index is 0.0524. The average Bonchev–Trinajstić information content (AvgIpc) is 2.82. The quantitative estimate of drug-likeness (QED) is 0.920. The number of halogens is 4. The Labute approximate surface area is 121 Å². The number of anilines is 1. The van der Waals surface area contributed by atoms with Crippen molar-refractivity contribution in [1.29, 1.82) is 0 Å². The van der Waals surface area contributed by atoms with Crippen LogP contribution in [0.3, 0.4) is 0 Å². The maximum Gasteiger partial charge on any atom is 0.433 e. The van der Waals surface area contributed by atoms with E-state index in [4.69, 9.17) is 0 Å². The third-order valence-corrected chi connectivity index (χ3v) is 2.73. The fourth-order valence-corrected chi connectivity index (χ4v) is 1.72. The summed E-state index contributed by atoms with van der Waals surface area (Å²) >= 11 is 3.18. The molecule has 5 nitrogen and oxygen atoms in total. The first kappa shape index (κ1) is 14.8. The van der Waals surface area contributed by atoms with Gasteiger partial charge in [-0.1, -0.05) is 6.92 Å². The van der Waals surface area contributed by atoms with Crippen molar-refractivity contribution in [3.05, 3.63) is 28.6 Å². The number of hydrogen-bond acceptors (Lipinski definition) is 4. The van der Waals surface area contributed by atoms with E-state index in [-0.39, 0.29) is 11.8 Å². The summed E-state index contributed by atoms with van der Waals surface area (Å²) in [6, 6.07) is 0.858. The van der Waals surface area contributed by atoms with E-state index in [1.165, 1.54) is 17.1 Å². The van der Waals surface area contributed by atoms with Crippen molar-refractivity contribution in [2.45, 2.75) is 19.5 Å². The molecule has 0 radical (unpaired) electrons. The van der Waals surface area contributed by atoms with E-state index in [0.29, 0.717) is 11.0 Å². The van der Waals surface area contributed by atoms with Crippen molar-refractivity contribution in [2.24, 2.45) is 0 Å². The molecule has 0 fully saturated rings. The molecule has 0 aromatic carbocycles. The van der Waals surface area contributed by atoms with Gasteiger partial charge in [-0.3, -0.25) is 0 Å². The van der Waals surface area contributed by atoms with Crippen LogP contribution in [0.4, 0.5) is 19.1 Å². The Balaban J connectivity index is 2.45. The maximum atomic E-state index is 12.8. The summed E-state index contributed by atoms with van der Waals surface area (Å²) in [4.78, 5) is 7.50. The van der Waals surface area contributed by atoms with Crippen LogP contribution >= 0.6 is 15.9 Å². The third-order valence-electron chi connectivity index (χ3n) is 2.32. The topological polar surface area (TPSA) is 55.6 Å². The van der Waals surface area contributed by atoms with Gasteiger partial charge < -0.3 is 5.32 Å². The minimum atomic E-state index is -4.54. The van der Waals surface area contributed by atoms with E-state index < -0.39 is 11.9 Å². The Morgan fingerprint density at radius 3 is 2.65 bits per heavy atom. The van der Waals surface area contributed by atoms with Gasteiger partial charge in [0.25, 0.3) is 0 Å². The molecule has 2 rings (SSSR count). The van der Waals surface area contributed by atoms with Crippen LogP contribution in [0.1, 0.15) is 19.0 Å². The fraction of sp³-hybridized carbons (Fsp3) is 0.364. The second kappa shape index (κ2) is 5.78. The molecule has 0 spiro atoms. The molecular weight excluding hydrogens is 339 g/mol. The molecule has 0 unspecified atom stereocenters. The standard InChI is InChI=1S/C11H11BrF3N5/c1-2-3-16-10-18-8(11(13,14)15)4-9(19-10)20-6-7(12)5-17-20/h4-6H,2-3H2,1H3,(H,16,18,19). The molecular formula is C11H11BrF3N5. The molecule has 0 saturated heterocycles. The van der Waals surface area contributed by atoms with Crippen LogP contribution in [-0.4, -0.2) is 26.3 Å². The molecule has 108 valence electrons. The lowest BCUT2D eigenvalue weighted by Gasteiger charge is -2.11. The minimum Gasteiger partial charge on any atom is -0.354 e. The van der Waals surface area contributed by atoms with Gasteiger partial charge in [0.05, 0.1) is 10.7 Å². The van der Waals surface area contributed by atoms with E-state index in [1.807, 2.05) is 6.92 Å². The van der Waals surface area contributed by atoms with Crippen LogP contribution in [0.2, 0.25) is 0 Å². The zero-order valence-corrected chi connectivity index (χ0v) is 12.0. The van der Waals surface area contributed by atoms with Crippen LogP contribution < -0.4 is 5.32 Å². The van der Waals surface area contributed by atoms with Gasteiger partial charge in [0.15, 0.2) is 11.5 Å². The molecule has 0 atom stereocenters. The molecule has 0 aliphatic rings. The van der Waals surface area contributed by atoms with Gasteiger partial charge >= 0.3 is 6.18 Å². The van der Waals surface area contributed by atoms with Crippen molar-refractivity contribution in [3.63, 3.8) is 0 Å². The summed E-state index contributed by atoms with van der Waals surface area (Å²) in [5, 5.41) is 6.66. The van der Waals surface area contributed by atoms with Gasteiger partial charge in [0.1, 0.15) is 0 Å². The van der Waals surface area contributed by atoms with E-state index in [1.54, 1.807) is 0 Å². The number of hydrogen-bond donors (Lipinski definition) is 1. The molecule has 2 heterocycles. The molecule has 2 aromatic rings. The normalized spacial score (nSPS) is 11.7. The number of nitrogens with one attached hydrogen (secondary N) is 1. The maximum absolute atomic E-state index is 12.8. The molecule has 0 saturated carbocycles. The van der Waals surface area contributed by atoms with Crippen molar-refractivity contribution in [3.8, 4) is 5.82 Å². The molecule has 20 heavy (non-hydrogen) atoms. The smallest absolute Gasteiger partial charge is 0.354 e. The fourth-order valence-electron chi connectivity index (χ4n) is 1.44. The lowest BCUT2D eigenvalue weighted by atomic mass is 10.4. The zero-order chi connectivity index (χ0) is 14.8. The van der Waals surface area contributed by atoms with Gasteiger partial charge in [-0.15, -0.1) is 0 Å². The SMILES string of the molecule is CCCNc1nc(-n2cc(Br)cn2)cc(C(F)(F)F)n1. The molecule has 0 bridgehead atoms. The summed E-state index contributed by atoms with van der Waals surface area (Å²) in [5.41, 5.74) is -1.01. The molecule has 9 heteroatoms. The van der Waals surface area contributed by atoms with Gasteiger partial charge in [-0.05, 0) is 22.4 Å². The summed E-state index contributed by atoms with van der Waals surface area (Å²) in [5.74, 6) is -0.0140. The van der Waals surface area contributed by atoms with Gasteiger partial charge in [0, 0.05) is 18.8 Å². The number of nitrogens with zero attached hydrogens (tertiary/aromatic N) is 4. The Morgan fingerprint density at radius 2 is 2.10 bits per heavy atom. The van der Waals surface area contributed by atoms with Crippen molar-refractivity contribution >= 4 is 21.9 Å². The molecule has 0 amide bonds. The van der Waals surface area contributed by atoms with E-state index in [9.17, 15) is 13.2 Å². The Morgan fingerprint density at radius 1 is 1.35 bits per heavy atom. The number of rotatable bonds is 4. The van der Waals surface area contributed by atoms with Crippen LogP contribution in [0.25, 0.3) is 5.82 Å². The van der Waals surface area contributed by atoms with Crippen molar-refractivity contribution < 1.29 is 13.2 Å². The predicted octanol–water partition coefficient (Wildman–Crippen LogP) is 3.27. The van der Waals surface area contributed by atoms with Crippen molar-refractivity contribution in [2.75, 3.05) is 11.9 Å². The summed E-state index contributed by atoms with van der Waals surface area (Å²) < 4.78 is 40.4. The van der Waals surface area contributed by atoms with E-state index in [2.05, 4.69) is 36.3 Å². The second-order valence-electron chi connectivity index (χ2n) is 3.96. The highest BCUT2D eigenvalue weighted by Gasteiger charge is 2.34. The Bertz CT molecular complexity index is 596. The first-order valence-corrected chi connectivity index (χ1v) is 6.60. The van der Waals surface area contributed by atoms with E-state index in [0.717, 1.165) is 12.5 Å². The molecule has 1 N–H and O–H groups in total. The van der Waals surface area contributed by atoms with Crippen LogP contribution in [0, 0.1) is 0 Å².